The van der Waals surface area contributed by atoms with Crippen molar-refractivity contribution < 1.29 is 4.74 Å². The number of nitrogens with one attached hydrogen (secondary N) is 1. The molecule has 0 spiro atoms. The average molecular weight is 291 g/mol. The smallest absolute Gasteiger partial charge is 0.142 e. The number of pyridine rings is 1. The van der Waals surface area contributed by atoms with E-state index in [-0.39, 0.29) is 0 Å². The van der Waals surface area contributed by atoms with Crippen molar-refractivity contribution in [1.29, 1.82) is 0 Å². The first-order valence-electron chi connectivity index (χ1n) is 6.96. The van der Waals surface area contributed by atoms with Crippen LogP contribution in [0.3, 0.4) is 0 Å². The zero-order chi connectivity index (χ0) is 14.4. The van der Waals surface area contributed by atoms with Crippen LogP contribution in [0.15, 0.2) is 17.5 Å². The Hall–Kier alpha value is -1.46. The number of ether oxygens (including phenoxy) is 1. The second-order valence-corrected chi connectivity index (χ2v) is 5.50. The van der Waals surface area contributed by atoms with Crippen molar-refractivity contribution in [2.75, 3.05) is 6.54 Å². The zero-order valence-corrected chi connectivity index (χ0v) is 13.1. The van der Waals surface area contributed by atoms with E-state index in [1.807, 2.05) is 19.1 Å². The average Bonchev–Trinajstić information content (AvgIpc) is 2.92. The summed E-state index contributed by atoms with van der Waals surface area (Å²) in [6.45, 7) is 8.33. The molecule has 2 aromatic rings. The van der Waals surface area contributed by atoms with Crippen molar-refractivity contribution in [3.63, 3.8) is 0 Å². The molecule has 0 aliphatic carbocycles. The lowest BCUT2D eigenvalue weighted by molar-refractivity contribution is 0.296. The topological polar surface area (TPSA) is 47.0 Å². The van der Waals surface area contributed by atoms with E-state index in [2.05, 4.69) is 34.5 Å². The molecule has 0 amide bonds. The highest BCUT2D eigenvalue weighted by Crippen LogP contribution is 2.19. The van der Waals surface area contributed by atoms with Crippen molar-refractivity contribution >= 4 is 11.3 Å². The van der Waals surface area contributed by atoms with Gasteiger partial charge >= 0.3 is 0 Å². The fourth-order valence-corrected chi connectivity index (χ4v) is 2.56. The summed E-state index contributed by atoms with van der Waals surface area (Å²) in [7, 11) is 0. The number of hydrogen-bond donors (Lipinski definition) is 1. The zero-order valence-electron chi connectivity index (χ0n) is 12.3. The molecule has 20 heavy (non-hydrogen) atoms. The first-order valence-corrected chi connectivity index (χ1v) is 7.84. The molecule has 2 heterocycles. The maximum atomic E-state index is 5.87. The number of aryl methyl sites for hydroxylation is 2. The Balaban J connectivity index is 2.04. The molecule has 108 valence electrons. The van der Waals surface area contributed by atoms with Crippen LogP contribution in [0, 0.1) is 6.92 Å². The van der Waals surface area contributed by atoms with Gasteiger partial charge in [-0.3, -0.25) is 4.98 Å². The van der Waals surface area contributed by atoms with E-state index in [1.165, 1.54) is 0 Å². The second kappa shape index (κ2) is 7.36. The number of aromatic nitrogens is 2. The SMILES string of the molecule is CCNCc1nc(C)ccc1OCc1csc(CC)n1. The van der Waals surface area contributed by atoms with Crippen molar-refractivity contribution in [1.82, 2.24) is 15.3 Å². The fourth-order valence-electron chi connectivity index (χ4n) is 1.83. The summed E-state index contributed by atoms with van der Waals surface area (Å²) in [6, 6.07) is 3.96. The van der Waals surface area contributed by atoms with Crippen LogP contribution in [0.2, 0.25) is 0 Å². The van der Waals surface area contributed by atoms with Crippen molar-refractivity contribution in [3.8, 4) is 5.75 Å². The molecule has 4 nitrogen and oxygen atoms in total. The Kier molecular flexibility index (Phi) is 5.49. The highest BCUT2D eigenvalue weighted by Gasteiger charge is 2.07. The largest absolute Gasteiger partial charge is 0.485 e. The van der Waals surface area contributed by atoms with Gasteiger partial charge < -0.3 is 10.1 Å². The maximum Gasteiger partial charge on any atom is 0.142 e. The van der Waals surface area contributed by atoms with E-state index in [1.54, 1.807) is 11.3 Å². The molecule has 0 radical (unpaired) electrons. The third-order valence-corrected chi connectivity index (χ3v) is 3.93. The minimum absolute atomic E-state index is 0.500. The van der Waals surface area contributed by atoms with Gasteiger partial charge in [-0.25, -0.2) is 4.98 Å². The molecule has 0 bridgehead atoms. The highest BCUT2D eigenvalue weighted by molar-refractivity contribution is 7.09. The molecule has 0 aliphatic heterocycles. The highest BCUT2D eigenvalue weighted by atomic mass is 32.1. The molecule has 0 aliphatic rings. The van der Waals surface area contributed by atoms with Crippen molar-refractivity contribution in [2.45, 2.75) is 40.3 Å². The van der Waals surface area contributed by atoms with Gasteiger partial charge in [0.2, 0.25) is 0 Å². The third-order valence-electron chi connectivity index (χ3n) is 2.89. The van der Waals surface area contributed by atoms with Gasteiger partial charge in [-0.15, -0.1) is 11.3 Å². The molecule has 0 unspecified atom stereocenters. The van der Waals surface area contributed by atoms with E-state index in [0.29, 0.717) is 6.61 Å². The molecular formula is C15H21N3OS. The Bertz CT molecular complexity index is 554. The summed E-state index contributed by atoms with van der Waals surface area (Å²) in [5.74, 6) is 0.836. The summed E-state index contributed by atoms with van der Waals surface area (Å²) in [5.41, 5.74) is 2.95. The maximum absolute atomic E-state index is 5.87. The molecule has 0 aromatic carbocycles. The van der Waals surface area contributed by atoms with Gasteiger partial charge in [0.1, 0.15) is 12.4 Å². The first kappa shape index (κ1) is 14.9. The lowest BCUT2D eigenvalue weighted by atomic mass is 10.3. The summed E-state index contributed by atoms with van der Waals surface area (Å²) in [5, 5.41) is 6.50. The molecule has 2 rings (SSSR count). The number of hydrogen-bond acceptors (Lipinski definition) is 5. The van der Waals surface area contributed by atoms with Gasteiger partial charge in [0, 0.05) is 17.6 Å². The van der Waals surface area contributed by atoms with Crippen LogP contribution in [-0.4, -0.2) is 16.5 Å². The van der Waals surface area contributed by atoms with E-state index >= 15 is 0 Å². The molecule has 0 saturated carbocycles. The monoisotopic (exact) mass is 291 g/mol. The Morgan fingerprint density at radius 3 is 2.80 bits per heavy atom. The van der Waals surface area contributed by atoms with E-state index in [4.69, 9.17) is 4.74 Å². The fraction of sp³-hybridized carbons (Fsp3) is 0.467. The molecule has 0 saturated heterocycles. The van der Waals surface area contributed by atoms with Crippen LogP contribution in [-0.2, 0) is 19.6 Å². The van der Waals surface area contributed by atoms with Crippen molar-refractivity contribution in [3.05, 3.63) is 39.6 Å². The van der Waals surface area contributed by atoms with Crippen LogP contribution < -0.4 is 10.1 Å². The molecule has 2 aromatic heterocycles. The van der Waals surface area contributed by atoms with Crippen LogP contribution in [0.25, 0.3) is 0 Å². The van der Waals surface area contributed by atoms with Gasteiger partial charge in [-0.2, -0.15) is 0 Å². The molecule has 1 N–H and O–H groups in total. The lowest BCUT2D eigenvalue weighted by Gasteiger charge is -2.11. The van der Waals surface area contributed by atoms with Crippen LogP contribution in [0.1, 0.15) is 35.9 Å². The summed E-state index contributed by atoms with van der Waals surface area (Å²) in [4.78, 5) is 9.05. The molecule has 5 heteroatoms. The standard InChI is InChI=1S/C15H21N3OS/c1-4-15-18-12(10-20-15)9-19-14-7-6-11(3)17-13(14)8-16-5-2/h6-7,10,16H,4-5,8-9H2,1-3H3. The first-order chi connectivity index (χ1) is 9.72. The summed E-state index contributed by atoms with van der Waals surface area (Å²) < 4.78 is 5.87. The minimum atomic E-state index is 0.500. The van der Waals surface area contributed by atoms with Gasteiger partial charge in [0.25, 0.3) is 0 Å². The Labute approximate surface area is 124 Å². The predicted octanol–water partition coefficient (Wildman–Crippen LogP) is 3.10. The molecule has 0 atom stereocenters. The minimum Gasteiger partial charge on any atom is -0.485 e. The number of nitrogens with zero attached hydrogens (tertiary/aromatic N) is 2. The van der Waals surface area contributed by atoms with Crippen LogP contribution >= 0.6 is 11.3 Å². The van der Waals surface area contributed by atoms with Gasteiger partial charge in [-0.05, 0) is 32.0 Å². The van der Waals surface area contributed by atoms with Crippen LogP contribution in [0.4, 0.5) is 0 Å². The summed E-state index contributed by atoms with van der Waals surface area (Å²) >= 11 is 1.69. The van der Waals surface area contributed by atoms with Gasteiger partial charge in [0.15, 0.2) is 0 Å². The van der Waals surface area contributed by atoms with Gasteiger partial charge in [0.05, 0.1) is 16.4 Å². The summed E-state index contributed by atoms with van der Waals surface area (Å²) in [6.07, 6.45) is 0.975. The number of rotatable bonds is 7. The Morgan fingerprint density at radius 1 is 1.25 bits per heavy atom. The quantitative estimate of drug-likeness (QED) is 0.851. The second-order valence-electron chi connectivity index (χ2n) is 4.55. The van der Waals surface area contributed by atoms with E-state index in [9.17, 15) is 0 Å². The lowest BCUT2D eigenvalue weighted by Crippen LogP contribution is -2.14. The predicted molar refractivity (Wildman–Crippen MR) is 82.2 cm³/mol. The van der Waals surface area contributed by atoms with E-state index < -0.39 is 0 Å². The Morgan fingerprint density at radius 2 is 2.10 bits per heavy atom. The number of thiazole rings is 1. The van der Waals surface area contributed by atoms with Crippen LogP contribution in [0.5, 0.6) is 5.75 Å². The third kappa shape index (κ3) is 4.02. The molecule has 0 fully saturated rings. The van der Waals surface area contributed by atoms with E-state index in [0.717, 1.165) is 47.3 Å². The molecular weight excluding hydrogens is 270 g/mol. The normalized spacial score (nSPS) is 10.8. The van der Waals surface area contributed by atoms with Crippen molar-refractivity contribution in [2.24, 2.45) is 0 Å². The van der Waals surface area contributed by atoms with Gasteiger partial charge in [-0.1, -0.05) is 13.8 Å².